The average Bonchev–Trinajstić information content (AvgIpc) is 2.58. The molecule has 0 saturated heterocycles. The van der Waals surface area contributed by atoms with Crippen LogP contribution >= 0.6 is 0 Å². The summed E-state index contributed by atoms with van der Waals surface area (Å²) in [5.74, 6) is -3.05. The van der Waals surface area contributed by atoms with E-state index in [2.05, 4.69) is 15.6 Å². The minimum atomic E-state index is -1.06. The summed E-state index contributed by atoms with van der Waals surface area (Å²) in [7, 11) is 0. The Labute approximate surface area is 141 Å². The van der Waals surface area contributed by atoms with Crippen LogP contribution in [0, 0.1) is 17.5 Å². The highest BCUT2D eigenvalue weighted by Gasteiger charge is 2.10. The van der Waals surface area contributed by atoms with Gasteiger partial charge in [0.05, 0.1) is 0 Å². The highest BCUT2D eigenvalue weighted by Crippen LogP contribution is 2.19. The normalized spacial score (nSPS) is 10.4. The van der Waals surface area contributed by atoms with Gasteiger partial charge in [-0.1, -0.05) is 6.07 Å². The number of carbonyl (C=O) groups is 1. The number of nitrogens with one attached hydrogen (secondary N) is 2. The second kappa shape index (κ2) is 7.04. The molecule has 2 aromatic carbocycles. The lowest BCUT2D eigenvalue weighted by Crippen LogP contribution is -2.14. The molecule has 1 amide bonds. The molecule has 0 saturated carbocycles. The third-order valence-corrected chi connectivity index (χ3v) is 3.28. The molecule has 25 heavy (non-hydrogen) atoms. The first-order valence-electron chi connectivity index (χ1n) is 7.26. The average molecular weight is 343 g/mol. The van der Waals surface area contributed by atoms with E-state index in [0.717, 1.165) is 12.1 Å². The fraction of sp³-hybridized carbons (Fsp3) is 0. The van der Waals surface area contributed by atoms with Crippen LogP contribution in [0.1, 0.15) is 10.5 Å². The number of amides is 1. The molecule has 1 aromatic heterocycles. The summed E-state index contributed by atoms with van der Waals surface area (Å²) in [6.45, 7) is 0. The van der Waals surface area contributed by atoms with Crippen LogP contribution in [0.2, 0.25) is 0 Å². The van der Waals surface area contributed by atoms with E-state index in [4.69, 9.17) is 0 Å². The van der Waals surface area contributed by atoms with Gasteiger partial charge in [0.25, 0.3) is 5.91 Å². The van der Waals surface area contributed by atoms with Gasteiger partial charge in [0, 0.05) is 29.3 Å². The number of nitrogens with zero attached hydrogens (tertiary/aromatic N) is 1. The molecular weight excluding hydrogens is 331 g/mol. The Hall–Kier alpha value is -3.35. The lowest BCUT2D eigenvalue weighted by Gasteiger charge is -2.09. The van der Waals surface area contributed by atoms with Crippen LogP contribution in [0.25, 0.3) is 0 Å². The number of anilines is 3. The van der Waals surface area contributed by atoms with Crippen LogP contribution in [-0.4, -0.2) is 10.9 Å². The third-order valence-electron chi connectivity index (χ3n) is 3.28. The smallest absolute Gasteiger partial charge is 0.274 e. The summed E-state index contributed by atoms with van der Waals surface area (Å²) in [5, 5.41) is 5.38. The predicted octanol–water partition coefficient (Wildman–Crippen LogP) is 4.49. The zero-order chi connectivity index (χ0) is 17.8. The Bertz CT molecular complexity index is 931. The number of aromatic nitrogens is 1. The van der Waals surface area contributed by atoms with Crippen LogP contribution in [-0.2, 0) is 0 Å². The van der Waals surface area contributed by atoms with Gasteiger partial charge < -0.3 is 10.6 Å². The van der Waals surface area contributed by atoms with Crippen molar-refractivity contribution in [1.82, 2.24) is 4.98 Å². The van der Waals surface area contributed by atoms with E-state index in [1.165, 1.54) is 30.5 Å². The summed E-state index contributed by atoms with van der Waals surface area (Å²) >= 11 is 0. The summed E-state index contributed by atoms with van der Waals surface area (Å²) in [5.41, 5.74) is 1.20. The van der Waals surface area contributed by atoms with Crippen LogP contribution < -0.4 is 10.6 Å². The van der Waals surface area contributed by atoms with Crippen molar-refractivity contribution in [3.05, 3.63) is 83.9 Å². The third kappa shape index (κ3) is 4.14. The molecule has 126 valence electrons. The van der Waals surface area contributed by atoms with Crippen molar-refractivity contribution >= 4 is 23.0 Å². The summed E-state index contributed by atoms with van der Waals surface area (Å²) in [4.78, 5) is 16.1. The molecule has 0 radical (unpaired) electrons. The van der Waals surface area contributed by atoms with E-state index >= 15 is 0 Å². The fourth-order valence-electron chi connectivity index (χ4n) is 2.13. The van der Waals surface area contributed by atoms with Crippen molar-refractivity contribution < 1.29 is 18.0 Å². The Kier molecular flexibility index (Phi) is 4.65. The molecule has 0 aliphatic heterocycles. The van der Waals surface area contributed by atoms with Gasteiger partial charge in [-0.15, -0.1) is 0 Å². The largest absolute Gasteiger partial charge is 0.355 e. The maximum absolute atomic E-state index is 13.2. The van der Waals surface area contributed by atoms with Gasteiger partial charge in [0.1, 0.15) is 11.5 Å². The number of hydrogen-bond acceptors (Lipinski definition) is 3. The summed E-state index contributed by atoms with van der Waals surface area (Å²) in [6.07, 6.45) is 1.40. The molecule has 3 rings (SSSR count). The lowest BCUT2D eigenvalue weighted by atomic mass is 10.2. The molecule has 0 unspecified atom stereocenters. The maximum atomic E-state index is 13.2. The van der Waals surface area contributed by atoms with Crippen LogP contribution in [0.15, 0.2) is 60.8 Å². The first-order chi connectivity index (χ1) is 12.0. The molecule has 7 heteroatoms. The number of hydrogen-bond donors (Lipinski definition) is 2. The van der Waals surface area contributed by atoms with Crippen molar-refractivity contribution in [1.29, 1.82) is 0 Å². The Morgan fingerprint density at radius 1 is 0.840 bits per heavy atom. The van der Waals surface area contributed by atoms with Gasteiger partial charge in [-0.2, -0.15) is 0 Å². The quantitative estimate of drug-likeness (QED) is 0.734. The monoisotopic (exact) mass is 343 g/mol. The van der Waals surface area contributed by atoms with Gasteiger partial charge in [-0.05, 0) is 42.5 Å². The van der Waals surface area contributed by atoms with E-state index in [-0.39, 0.29) is 11.4 Å². The second-order valence-electron chi connectivity index (χ2n) is 5.15. The van der Waals surface area contributed by atoms with Gasteiger partial charge in [0.15, 0.2) is 11.6 Å². The minimum Gasteiger partial charge on any atom is -0.355 e. The maximum Gasteiger partial charge on any atom is 0.274 e. The van der Waals surface area contributed by atoms with Crippen LogP contribution in [0.3, 0.4) is 0 Å². The molecular formula is C18H12F3N3O. The van der Waals surface area contributed by atoms with E-state index in [9.17, 15) is 18.0 Å². The minimum absolute atomic E-state index is 0.0612. The molecule has 0 aliphatic rings. The summed E-state index contributed by atoms with van der Waals surface area (Å²) < 4.78 is 39.3. The predicted molar refractivity (Wildman–Crippen MR) is 88.2 cm³/mol. The van der Waals surface area contributed by atoms with E-state index in [0.29, 0.717) is 11.4 Å². The highest BCUT2D eigenvalue weighted by molar-refractivity contribution is 6.03. The Morgan fingerprint density at radius 3 is 2.40 bits per heavy atom. The Morgan fingerprint density at radius 2 is 1.64 bits per heavy atom. The first-order valence-corrected chi connectivity index (χ1v) is 7.26. The number of pyridine rings is 1. The van der Waals surface area contributed by atoms with Crippen molar-refractivity contribution in [3.63, 3.8) is 0 Å². The van der Waals surface area contributed by atoms with Crippen molar-refractivity contribution in [2.24, 2.45) is 0 Å². The number of halogens is 3. The number of rotatable bonds is 4. The molecule has 3 aromatic rings. The van der Waals surface area contributed by atoms with Gasteiger partial charge >= 0.3 is 0 Å². The van der Waals surface area contributed by atoms with Crippen LogP contribution in [0.5, 0.6) is 0 Å². The van der Waals surface area contributed by atoms with Gasteiger partial charge in [0.2, 0.25) is 0 Å². The molecule has 4 nitrogen and oxygen atoms in total. The van der Waals surface area contributed by atoms with Crippen molar-refractivity contribution in [2.45, 2.75) is 0 Å². The number of carbonyl (C=O) groups excluding carboxylic acids is 1. The molecule has 0 aliphatic carbocycles. The molecule has 0 bridgehead atoms. The van der Waals surface area contributed by atoms with Crippen molar-refractivity contribution in [2.75, 3.05) is 10.6 Å². The van der Waals surface area contributed by atoms with Crippen molar-refractivity contribution in [3.8, 4) is 0 Å². The topological polar surface area (TPSA) is 54.0 Å². The van der Waals surface area contributed by atoms with E-state index in [1.54, 1.807) is 18.2 Å². The standard InChI is InChI=1S/C18H12F3N3O/c19-11-2-1-3-12(8-11)23-14-6-7-22-17(10-14)18(25)24-13-4-5-15(20)16(21)9-13/h1-10H,(H,22,23)(H,24,25). The molecule has 1 heterocycles. The van der Waals surface area contributed by atoms with Crippen LogP contribution in [0.4, 0.5) is 30.2 Å². The van der Waals surface area contributed by atoms with Gasteiger partial charge in [-0.3, -0.25) is 9.78 Å². The number of benzene rings is 2. The van der Waals surface area contributed by atoms with E-state index in [1.807, 2.05) is 0 Å². The highest BCUT2D eigenvalue weighted by atomic mass is 19.2. The first kappa shape index (κ1) is 16.5. The zero-order valence-electron chi connectivity index (χ0n) is 12.8. The fourth-order valence-corrected chi connectivity index (χ4v) is 2.13. The molecule has 0 spiro atoms. The van der Waals surface area contributed by atoms with Gasteiger partial charge in [-0.25, -0.2) is 13.2 Å². The summed E-state index contributed by atoms with van der Waals surface area (Å²) in [6, 6.07) is 12.0. The second-order valence-corrected chi connectivity index (χ2v) is 5.15. The van der Waals surface area contributed by atoms with E-state index < -0.39 is 23.4 Å². The SMILES string of the molecule is O=C(Nc1ccc(F)c(F)c1)c1cc(Nc2cccc(F)c2)ccn1. The Balaban J connectivity index is 1.76. The lowest BCUT2D eigenvalue weighted by molar-refractivity contribution is 0.102. The molecule has 0 atom stereocenters. The molecule has 2 N–H and O–H groups in total. The zero-order valence-corrected chi connectivity index (χ0v) is 12.8. The molecule has 0 fully saturated rings.